The molecule has 24 heavy (non-hydrogen) atoms. The van der Waals surface area contributed by atoms with Crippen molar-refractivity contribution in [1.29, 1.82) is 0 Å². The van der Waals surface area contributed by atoms with Gasteiger partial charge in [-0.3, -0.25) is 4.79 Å². The molecule has 1 fully saturated rings. The van der Waals surface area contributed by atoms with Crippen molar-refractivity contribution >= 4 is 15.9 Å². The summed E-state index contributed by atoms with van der Waals surface area (Å²) in [5, 5.41) is 3.04. The van der Waals surface area contributed by atoms with Gasteiger partial charge < -0.3 is 5.32 Å². The molecular weight excluding hydrogens is 324 g/mol. The fourth-order valence-electron chi connectivity index (χ4n) is 3.07. The minimum atomic E-state index is -3.57. The van der Waals surface area contributed by atoms with Gasteiger partial charge in [-0.05, 0) is 55.9 Å². The molecule has 0 heterocycles. The third-order valence-electron chi connectivity index (χ3n) is 4.89. The van der Waals surface area contributed by atoms with Crippen molar-refractivity contribution in [2.24, 2.45) is 5.92 Å². The van der Waals surface area contributed by atoms with Crippen molar-refractivity contribution in [3.63, 3.8) is 0 Å². The highest BCUT2D eigenvalue weighted by molar-refractivity contribution is 7.89. The Kier molecular flexibility index (Phi) is 6.40. The molecule has 2 N–H and O–H groups in total. The van der Waals surface area contributed by atoms with Crippen LogP contribution in [0.3, 0.4) is 0 Å². The molecule has 2 rings (SSSR count). The number of carbonyl (C=O) groups excluding carboxylic acids is 1. The van der Waals surface area contributed by atoms with E-state index in [1.165, 1.54) is 6.42 Å². The van der Waals surface area contributed by atoms with Crippen LogP contribution in [0, 0.1) is 19.8 Å². The predicted octanol–water partition coefficient (Wildman–Crippen LogP) is 2.67. The van der Waals surface area contributed by atoms with E-state index in [0.29, 0.717) is 5.92 Å². The van der Waals surface area contributed by atoms with Gasteiger partial charge in [-0.2, -0.15) is 0 Å². The van der Waals surface area contributed by atoms with Crippen LogP contribution in [0.25, 0.3) is 0 Å². The lowest BCUT2D eigenvalue weighted by Gasteiger charge is -2.29. The number of hydrogen-bond donors (Lipinski definition) is 2. The van der Waals surface area contributed by atoms with Gasteiger partial charge in [0.25, 0.3) is 0 Å². The third-order valence-corrected chi connectivity index (χ3v) is 6.35. The number of aryl methyl sites for hydroxylation is 2. The van der Waals surface area contributed by atoms with Gasteiger partial charge in [0.1, 0.15) is 0 Å². The van der Waals surface area contributed by atoms with Gasteiger partial charge in [-0.25, -0.2) is 13.1 Å². The van der Waals surface area contributed by atoms with E-state index < -0.39 is 10.0 Å². The van der Waals surface area contributed by atoms with Crippen LogP contribution in [-0.4, -0.2) is 26.9 Å². The first-order valence-electron chi connectivity index (χ1n) is 8.66. The van der Waals surface area contributed by atoms with Gasteiger partial charge in [0.05, 0.1) is 4.90 Å². The second kappa shape index (κ2) is 8.12. The van der Waals surface area contributed by atoms with E-state index in [4.69, 9.17) is 0 Å². The summed E-state index contributed by atoms with van der Waals surface area (Å²) < 4.78 is 27.1. The molecule has 0 radical (unpaired) electrons. The number of sulfonamides is 1. The maximum atomic E-state index is 12.3. The SMILES string of the molecule is Cc1ccc(S(=O)(=O)NCCC(=O)N[C@@H]2CCCC[C@H]2C)cc1C. The fourth-order valence-corrected chi connectivity index (χ4v) is 4.19. The van der Waals surface area contributed by atoms with Gasteiger partial charge in [0, 0.05) is 19.0 Å². The summed E-state index contributed by atoms with van der Waals surface area (Å²) in [6, 6.07) is 5.26. The zero-order valence-electron chi connectivity index (χ0n) is 14.8. The van der Waals surface area contributed by atoms with Crippen molar-refractivity contribution in [1.82, 2.24) is 10.0 Å². The first-order chi connectivity index (χ1) is 11.3. The van der Waals surface area contributed by atoms with Crippen LogP contribution in [0.5, 0.6) is 0 Å². The molecule has 0 aromatic heterocycles. The van der Waals surface area contributed by atoms with Crippen molar-refractivity contribution in [3.05, 3.63) is 29.3 Å². The number of rotatable bonds is 6. The van der Waals surface area contributed by atoms with Gasteiger partial charge in [-0.15, -0.1) is 0 Å². The van der Waals surface area contributed by atoms with Gasteiger partial charge in [0.2, 0.25) is 15.9 Å². The largest absolute Gasteiger partial charge is 0.353 e. The van der Waals surface area contributed by atoms with Crippen LogP contribution in [0.1, 0.15) is 50.2 Å². The molecule has 0 spiro atoms. The van der Waals surface area contributed by atoms with Crippen LogP contribution in [-0.2, 0) is 14.8 Å². The summed E-state index contributed by atoms with van der Waals surface area (Å²) in [6.45, 7) is 6.09. The van der Waals surface area contributed by atoms with Crippen LogP contribution < -0.4 is 10.0 Å². The Bertz CT molecular complexity index is 686. The number of benzene rings is 1. The summed E-state index contributed by atoms with van der Waals surface area (Å²) in [4.78, 5) is 12.3. The lowest BCUT2D eigenvalue weighted by Crippen LogP contribution is -2.42. The van der Waals surface area contributed by atoms with E-state index in [0.717, 1.165) is 30.4 Å². The summed E-state index contributed by atoms with van der Waals surface area (Å²) in [5.74, 6) is 0.409. The van der Waals surface area contributed by atoms with Crippen LogP contribution in [0.4, 0.5) is 0 Å². The molecule has 1 amide bonds. The monoisotopic (exact) mass is 352 g/mol. The lowest BCUT2D eigenvalue weighted by atomic mass is 9.86. The number of carbonyl (C=O) groups is 1. The van der Waals surface area contributed by atoms with Crippen molar-refractivity contribution in [2.75, 3.05) is 6.54 Å². The highest BCUT2D eigenvalue weighted by Gasteiger charge is 2.23. The van der Waals surface area contributed by atoms with Gasteiger partial charge in [-0.1, -0.05) is 25.8 Å². The Balaban J connectivity index is 1.83. The van der Waals surface area contributed by atoms with E-state index in [1.54, 1.807) is 18.2 Å². The molecule has 6 heteroatoms. The molecule has 0 aliphatic heterocycles. The highest BCUT2D eigenvalue weighted by atomic mass is 32.2. The third kappa shape index (κ3) is 5.05. The van der Waals surface area contributed by atoms with Gasteiger partial charge in [0.15, 0.2) is 0 Å². The summed E-state index contributed by atoms with van der Waals surface area (Å²) >= 11 is 0. The zero-order valence-corrected chi connectivity index (χ0v) is 15.6. The number of nitrogens with one attached hydrogen (secondary N) is 2. The first-order valence-corrected chi connectivity index (χ1v) is 10.1. The van der Waals surface area contributed by atoms with Crippen LogP contribution in [0.15, 0.2) is 23.1 Å². The average molecular weight is 353 g/mol. The lowest BCUT2D eigenvalue weighted by molar-refractivity contribution is -0.122. The molecule has 1 aliphatic carbocycles. The van der Waals surface area contributed by atoms with E-state index in [1.807, 2.05) is 13.8 Å². The van der Waals surface area contributed by atoms with Crippen molar-refractivity contribution in [3.8, 4) is 0 Å². The molecular formula is C18H28N2O3S. The summed E-state index contributed by atoms with van der Waals surface area (Å²) in [6.07, 6.45) is 4.69. The fraction of sp³-hybridized carbons (Fsp3) is 0.611. The van der Waals surface area contributed by atoms with E-state index in [2.05, 4.69) is 17.0 Å². The predicted molar refractivity (Wildman–Crippen MR) is 95.3 cm³/mol. The Morgan fingerprint density at radius 2 is 1.88 bits per heavy atom. The van der Waals surface area contributed by atoms with E-state index in [-0.39, 0.29) is 29.8 Å². The van der Waals surface area contributed by atoms with Crippen molar-refractivity contribution in [2.45, 2.75) is 63.8 Å². The molecule has 1 aliphatic rings. The zero-order chi connectivity index (χ0) is 17.7. The number of amides is 1. The Morgan fingerprint density at radius 1 is 1.17 bits per heavy atom. The molecule has 1 saturated carbocycles. The maximum absolute atomic E-state index is 12.3. The Hall–Kier alpha value is -1.40. The smallest absolute Gasteiger partial charge is 0.240 e. The molecule has 1 aromatic carbocycles. The molecule has 5 nitrogen and oxygen atoms in total. The number of hydrogen-bond acceptors (Lipinski definition) is 3. The molecule has 2 atom stereocenters. The highest BCUT2D eigenvalue weighted by Crippen LogP contribution is 2.23. The molecule has 0 bridgehead atoms. The van der Waals surface area contributed by atoms with E-state index >= 15 is 0 Å². The minimum absolute atomic E-state index is 0.0865. The van der Waals surface area contributed by atoms with E-state index in [9.17, 15) is 13.2 Å². The second-order valence-corrected chi connectivity index (χ2v) is 8.60. The molecule has 1 aromatic rings. The van der Waals surface area contributed by atoms with Gasteiger partial charge >= 0.3 is 0 Å². The summed E-state index contributed by atoms with van der Waals surface area (Å²) in [7, 11) is -3.57. The standard InChI is InChI=1S/C18H28N2O3S/c1-13-8-9-16(12-15(13)3)24(22,23)19-11-10-18(21)20-17-7-5-4-6-14(17)2/h8-9,12,14,17,19H,4-7,10-11H2,1-3H3,(H,20,21)/t14-,17-/m1/s1. The maximum Gasteiger partial charge on any atom is 0.240 e. The topological polar surface area (TPSA) is 75.3 Å². The van der Waals surface area contributed by atoms with Crippen LogP contribution >= 0.6 is 0 Å². The minimum Gasteiger partial charge on any atom is -0.353 e. The van der Waals surface area contributed by atoms with Crippen LogP contribution in [0.2, 0.25) is 0 Å². The molecule has 0 saturated heterocycles. The average Bonchev–Trinajstić information content (AvgIpc) is 2.52. The molecule has 134 valence electrons. The second-order valence-electron chi connectivity index (χ2n) is 6.83. The summed E-state index contributed by atoms with van der Waals surface area (Å²) in [5.41, 5.74) is 1.98. The quantitative estimate of drug-likeness (QED) is 0.826. The molecule has 0 unspecified atom stereocenters. The Labute approximate surface area is 145 Å². The van der Waals surface area contributed by atoms with Crippen molar-refractivity contribution < 1.29 is 13.2 Å². The normalized spacial score (nSPS) is 21.5. The Morgan fingerprint density at radius 3 is 2.54 bits per heavy atom. The first kappa shape index (κ1) is 18.9.